The summed E-state index contributed by atoms with van der Waals surface area (Å²) in [4.78, 5) is 2.13. The van der Waals surface area contributed by atoms with E-state index in [-0.39, 0.29) is 6.04 Å². The second-order valence-corrected chi connectivity index (χ2v) is 6.64. The van der Waals surface area contributed by atoms with E-state index in [1.165, 1.54) is 0 Å². The SMILES string of the molecule is CCCSc1nnc(C(C)N(C)C)n1-c1ccc(Cl)cc1. The molecule has 0 radical (unpaired) electrons. The van der Waals surface area contributed by atoms with Crippen molar-refractivity contribution in [1.82, 2.24) is 19.7 Å². The van der Waals surface area contributed by atoms with Crippen LogP contribution in [0.25, 0.3) is 5.69 Å². The van der Waals surface area contributed by atoms with Gasteiger partial charge in [0.15, 0.2) is 11.0 Å². The van der Waals surface area contributed by atoms with Crippen LogP contribution in [0.3, 0.4) is 0 Å². The van der Waals surface area contributed by atoms with E-state index in [2.05, 4.69) is 33.5 Å². The highest BCUT2D eigenvalue weighted by Crippen LogP contribution is 2.27. The van der Waals surface area contributed by atoms with Crippen molar-refractivity contribution in [2.24, 2.45) is 0 Å². The fraction of sp³-hybridized carbons (Fsp3) is 0.467. The van der Waals surface area contributed by atoms with Gasteiger partial charge < -0.3 is 0 Å². The van der Waals surface area contributed by atoms with Crippen molar-refractivity contribution < 1.29 is 0 Å². The second kappa shape index (κ2) is 7.29. The quantitative estimate of drug-likeness (QED) is 0.751. The Morgan fingerprint density at radius 1 is 1.24 bits per heavy atom. The van der Waals surface area contributed by atoms with Crippen LogP contribution in [0.1, 0.15) is 32.1 Å². The summed E-state index contributed by atoms with van der Waals surface area (Å²) in [5, 5.41) is 10.4. The maximum atomic E-state index is 6.00. The molecule has 4 nitrogen and oxygen atoms in total. The molecular formula is C15H21ClN4S. The van der Waals surface area contributed by atoms with Gasteiger partial charge in [-0.3, -0.25) is 9.47 Å². The summed E-state index contributed by atoms with van der Waals surface area (Å²) in [7, 11) is 4.09. The Morgan fingerprint density at radius 2 is 1.90 bits per heavy atom. The van der Waals surface area contributed by atoms with Crippen LogP contribution in [0.15, 0.2) is 29.4 Å². The van der Waals surface area contributed by atoms with Gasteiger partial charge in [0, 0.05) is 16.5 Å². The van der Waals surface area contributed by atoms with E-state index in [0.717, 1.165) is 33.9 Å². The summed E-state index contributed by atoms with van der Waals surface area (Å²) in [6.07, 6.45) is 1.11. The lowest BCUT2D eigenvalue weighted by atomic mass is 10.2. The van der Waals surface area contributed by atoms with E-state index < -0.39 is 0 Å². The van der Waals surface area contributed by atoms with Gasteiger partial charge in [0.05, 0.1) is 6.04 Å². The summed E-state index contributed by atoms with van der Waals surface area (Å²) < 4.78 is 2.13. The fourth-order valence-corrected chi connectivity index (χ4v) is 2.84. The Labute approximate surface area is 135 Å². The van der Waals surface area contributed by atoms with Crippen molar-refractivity contribution in [1.29, 1.82) is 0 Å². The molecule has 6 heteroatoms. The molecule has 1 heterocycles. The van der Waals surface area contributed by atoms with Gasteiger partial charge in [0.1, 0.15) is 0 Å². The van der Waals surface area contributed by atoms with Gasteiger partial charge in [-0.2, -0.15) is 0 Å². The number of halogens is 1. The molecule has 21 heavy (non-hydrogen) atoms. The van der Waals surface area contributed by atoms with Crippen LogP contribution in [0.5, 0.6) is 0 Å². The van der Waals surface area contributed by atoms with Gasteiger partial charge in [0.25, 0.3) is 0 Å². The van der Waals surface area contributed by atoms with Crippen molar-refractivity contribution in [2.45, 2.75) is 31.5 Å². The first-order chi connectivity index (χ1) is 10.0. The third-order valence-corrected chi connectivity index (χ3v) is 4.71. The largest absolute Gasteiger partial charge is 0.300 e. The zero-order chi connectivity index (χ0) is 15.4. The molecule has 0 fully saturated rings. The minimum absolute atomic E-state index is 0.184. The highest BCUT2D eigenvalue weighted by atomic mass is 35.5. The monoisotopic (exact) mass is 324 g/mol. The summed E-state index contributed by atoms with van der Waals surface area (Å²) in [5.74, 6) is 1.98. The van der Waals surface area contributed by atoms with Gasteiger partial charge in [-0.15, -0.1) is 10.2 Å². The molecule has 0 N–H and O–H groups in total. The van der Waals surface area contributed by atoms with Gasteiger partial charge in [-0.1, -0.05) is 30.3 Å². The predicted molar refractivity (Wildman–Crippen MR) is 89.5 cm³/mol. The van der Waals surface area contributed by atoms with Crippen molar-refractivity contribution in [2.75, 3.05) is 19.8 Å². The summed E-state index contributed by atoms with van der Waals surface area (Å²) >= 11 is 7.73. The molecule has 0 spiro atoms. The molecule has 0 aliphatic heterocycles. The van der Waals surface area contributed by atoms with Gasteiger partial charge in [0.2, 0.25) is 0 Å². The fourth-order valence-electron chi connectivity index (χ4n) is 1.90. The molecule has 1 aromatic carbocycles. The van der Waals surface area contributed by atoms with Crippen LogP contribution in [0.2, 0.25) is 5.02 Å². The maximum Gasteiger partial charge on any atom is 0.195 e. The molecule has 0 aliphatic carbocycles. The molecular weight excluding hydrogens is 304 g/mol. The van der Waals surface area contributed by atoms with E-state index in [1.54, 1.807) is 11.8 Å². The van der Waals surface area contributed by atoms with E-state index in [0.29, 0.717) is 0 Å². The third kappa shape index (κ3) is 3.78. The zero-order valence-electron chi connectivity index (χ0n) is 12.9. The Hall–Kier alpha value is -1.04. The first kappa shape index (κ1) is 16.3. The average Bonchev–Trinajstić information content (AvgIpc) is 2.88. The number of benzene rings is 1. The van der Waals surface area contributed by atoms with Gasteiger partial charge in [-0.05, 0) is 51.7 Å². The highest BCUT2D eigenvalue weighted by molar-refractivity contribution is 7.99. The Balaban J connectivity index is 2.47. The van der Waals surface area contributed by atoms with Crippen molar-refractivity contribution >= 4 is 23.4 Å². The number of aromatic nitrogens is 3. The summed E-state index contributed by atoms with van der Waals surface area (Å²) in [6.45, 7) is 4.30. The number of hydrogen-bond acceptors (Lipinski definition) is 4. The van der Waals surface area contributed by atoms with Crippen LogP contribution in [-0.2, 0) is 0 Å². The number of rotatable bonds is 6. The minimum atomic E-state index is 0.184. The van der Waals surface area contributed by atoms with Crippen LogP contribution in [0.4, 0.5) is 0 Å². The molecule has 1 atom stereocenters. The van der Waals surface area contributed by atoms with Gasteiger partial charge in [-0.25, -0.2) is 0 Å². The molecule has 0 saturated carbocycles. The molecule has 0 bridgehead atoms. The first-order valence-electron chi connectivity index (χ1n) is 7.05. The molecule has 2 aromatic rings. The second-order valence-electron chi connectivity index (χ2n) is 5.14. The number of hydrogen-bond donors (Lipinski definition) is 0. The lowest BCUT2D eigenvalue weighted by Gasteiger charge is -2.20. The molecule has 1 aromatic heterocycles. The van der Waals surface area contributed by atoms with Crippen LogP contribution in [-0.4, -0.2) is 39.5 Å². The minimum Gasteiger partial charge on any atom is -0.300 e. The molecule has 0 aliphatic rings. The normalized spacial score (nSPS) is 12.9. The molecule has 1 unspecified atom stereocenters. The van der Waals surface area contributed by atoms with Crippen LogP contribution < -0.4 is 0 Å². The van der Waals surface area contributed by atoms with Crippen molar-refractivity contribution in [3.05, 3.63) is 35.1 Å². The van der Waals surface area contributed by atoms with Crippen LogP contribution >= 0.6 is 23.4 Å². The van der Waals surface area contributed by atoms with E-state index in [9.17, 15) is 0 Å². The Bertz CT molecular complexity index is 580. The maximum absolute atomic E-state index is 6.00. The van der Waals surface area contributed by atoms with Crippen molar-refractivity contribution in [3.63, 3.8) is 0 Å². The highest BCUT2D eigenvalue weighted by Gasteiger charge is 2.20. The summed E-state index contributed by atoms with van der Waals surface area (Å²) in [5.41, 5.74) is 1.05. The molecule has 0 amide bonds. The van der Waals surface area contributed by atoms with E-state index in [1.807, 2.05) is 38.4 Å². The standard InChI is InChI=1S/C15H21ClN4S/c1-5-10-21-15-18-17-14(11(2)19(3)4)20(15)13-8-6-12(16)7-9-13/h6-9,11H,5,10H2,1-4H3. The molecule has 114 valence electrons. The first-order valence-corrected chi connectivity index (χ1v) is 8.41. The number of nitrogens with zero attached hydrogens (tertiary/aromatic N) is 4. The van der Waals surface area contributed by atoms with E-state index in [4.69, 9.17) is 11.6 Å². The lowest BCUT2D eigenvalue weighted by molar-refractivity contribution is 0.305. The van der Waals surface area contributed by atoms with E-state index >= 15 is 0 Å². The smallest absolute Gasteiger partial charge is 0.195 e. The predicted octanol–water partition coefficient (Wildman–Crippen LogP) is 4.05. The lowest BCUT2D eigenvalue weighted by Crippen LogP contribution is -2.20. The molecule has 0 saturated heterocycles. The number of thioether (sulfide) groups is 1. The third-order valence-electron chi connectivity index (χ3n) is 3.33. The molecule has 2 rings (SSSR count). The zero-order valence-corrected chi connectivity index (χ0v) is 14.4. The van der Waals surface area contributed by atoms with Crippen LogP contribution in [0, 0.1) is 0 Å². The average molecular weight is 325 g/mol. The Morgan fingerprint density at radius 3 is 2.48 bits per heavy atom. The van der Waals surface area contributed by atoms with Crippen molar-refractivity contribution in [3.8, 4) is 5.69 Å². The topological polar surface area (TPSA) is 34.0 Å². The van der Waals surface area contributed by atoms with Gasteiger partial charge >= 0.3 is 0 Å². The Kier molecular flexibility index (Phi) is 5.67. The summed E-state index contributed by atoms with van der Waals surface area (Å²) in [6, 6.07) is 8.00.